The molecule has 170 valence electrons. The Morgan fingerprint density at radius 1 is 1.00 bits per heavy atom. The second-order valence-corrected chi connectivity index (χ2v) is 11.5. The summed E-state index contributed by atoms with van der Waals surface area (Å²) in [6.07, 6.45) is 1.01. The van der Waals surface area contributed by atoms with Crippen molar-refractivity contribution in [1.82, 2.24) is 4.31 Å². The van der Waals surface area contributed by atoms with Crippen molar-refractivity contribution in [3.05, 3.63) is 59.1 Å². The number of halogens is 1. The summed E-state index contributed by atoms with van der Waals surface area (Å²) in [5, 5.41) is 2.49. The van der Waals surface area contributed by atoms with E-state index >= 15 is 0 Å². The number of sulfonamides is 1. The van der Waals surface area contributed by atoms with E-state index in [1.165, 1.54) is 22.5 Å². The van der Waals surface area contributed by atoms with Crippen LogP contribution in [0.15, 0.2) is 53.4 Å². The summed E-state index contributed by atoms with van der Waals surface area (Å²) in [4.78, 5) is 12.1. The molecule has 0 aliphatic rings. The van der Waals surface area contributed by atoms with Gasteiger partial charge in [0.2, 0.25) is 15.9 Å². The topological polar surface area (TPSA) is 101 Å². The zero-order valence-corrected chi connectivity index (χ0v) is 19.9. The number of rotatable bonds is 11. The summed E-state index contributed by atoms with van der Waals surface area (Å²) in [6.45, 7) is 3.96. The Bertz CT molecular complexity index is 1100. The first-order valence-corrected chi connectivity index (χ1v) is 13.6. The van der Waals surface area contributed by atoms with Crippen LogP contribution in [0.2, 0.25) is 5.02 Å². The number of nitrogens with zero attached hydrogens (tertiary/aromatic N) is 1. The molecule has 0 saturated heterocycles. The van der Waals surface area contributed by atoms with Crippen LogP contribution in [0.3, 0.4) is 0 Å². The van der Waals surface area contributed by atoms with E-state index in [1.54, 1.807) is 13.8 Å². The van der Waals surface area contributed by atoms with Gasteiger partial charge in [-0.25, -0.2) is 16.8 Å². The molecule has 0 aromatic heterocycles. The van der Waals surface area contributed by atoms with E-state index in [1.807, 2.05) is 30.3 Å². The molecule has 0 aliphatic heterocycles. The Hall–Kier alpha value is -1.94. The first-order valence-electron chi connectivity index (χ1n) is 9.93. The molecule has 7 nitrogen and oxygen atoms in total. The molecule has 1 N–H and O–H groups in total. The smallest absolute Gasteiger partial charge is 0.244 e. The van der Waals surface area contributed by atoms with E-state index in [-0.39, 0.29) is 34.4 Å². The zero-order chi connectivity index (χ0) is 23.1. The SMILES string of the molecule is CCN(CC)S(=O)(=O)c1cc(NC(=O)CS(=O)(=O)CCCc2ccccc2)ccc1Cl. The fourth-order valence-electron chi connectivity index (χ4n) is 3.09. The number of amides is 1. The van der Waals surface area contributed by atoms with Gasteiger partial charge < -0.3 is 5.32 Å². The number of anilines is 1. The summed E-state index contributed by atoms with van der Waals surface area (Å²) in [5.74, 6) is -1.52. The molecule has 0 radical (unpaired) electrons. The Morgan fingerprint density at radius 2 is 1.65 bits per heavy atom. The predicted octanol–water partition coefficient (Wildman–Crippen LogP) is 3.36. The zero-order valence-electron chi connectivity index (χ0n) is 17.5. The largest absolute Gasteiger partial charge is 0.325 e. The Morgan fingerprint density at radius 3 is 2.26 bits per heavy atom. The van der Waals surface area contributed by atoms with Crippen LogP contribution in [0.5, 0.6) is 0 Å². The van der Waals surface area contributed by atoms with Gasteiger partial charge in [0.1, 0.15) is 10.6 Å². The number of sulfone groups is 1. The second-order valence-electron chi connectivity index (χ2n) is 6.96. The van der Waals surface area contributed by atoms with Gasteiger partial charge in [-0.1, -0.05) is 55.8 Å². The van der Waals surface area contributed by atoms with Gasteiger partial charge in [0, 0.05) is 18.8 Å². The molecule has 0 spiro atoms. The maximum Gasteiger partial charge on any atom is 0.244 e. The van der Waals surface area contributed by atoms with Crippen molar-refractivity contribution in [3.63, 3.8) is 0 Å². The fourth-order valence-corrected chi connectivity index (χ4v) is 6.25. The Kier molecular flexibility index (Phi) is 9.05. The molecule has 0 aliphatic carbocycles. The first kappa shape index (κ1) is 25.3. The minimum atomic E-state index is -3.83. The number of hydrogen-bond donors (Lipinski definition) is 1. The van der Waals surface area contributed by atoms with Crippen LogP contribution in [0.25, 0.3) is 0 Å². The first-order chi connectivity index (χ1) is 14.6. The molecule has 2 aromatic rings. The summed E-state index contributed by atoms with van der Waals surface area (Å²) in [6, 6.07) is 13.5. The van der Waals surface area contributed by atoms with E-state index in [9.17, 15) is 21.6 Å². The van der Waals surface area contributed by atoms with Crippen molar-refractivity contribution in [1.29, 1.82) is 0 Å². The summed E-state index contributed by atoms with van der Waals surface area (Å²) >= 11 is 6.08. The van der Waals surface area contributed by atoms with Gasteiger partial charge in [0.15, 0.2) is 9.84 Å². The van der Waals surface area contributed by atoms with Crippen molar-refractivity contribution in [2.45, 2.75) is 31.6 Å². The molecule has 0 fully saturated rings. The third-order valence-corrected chi connectivity index (χ3v) is 8.80. The normalized spacial score (nSPS) is 12.1. The van der Waals surface area contributed by atoms with Crippen molar-refractivity contribution < 1.29 is 21.6 Å². The molecule has 31 heavy (non-hydrogen) atoms. The standard InChI is InChI=1S/C21H27ClN2O5S2/c1-3-24(4-2)31(28,29)20-15-18(12-13-19(20)22)23-21(25)16-30(26,27)14-8-11-17-9-6-5-7-10-17/h5-7,9-10,12-13,15H,3-4,8,11,14,16H2,1-2H3,(H,23,25). The van der Waals surface area contributed by atoms with E-state index in [0.717, 1.165) is 5.56 Å². The number of carbonyl (C=O) groups excluding carboxylic acids is 1. The molecule has 2 rings (SSSR count). The third-order valence-electron chi connectivity index (χ3n) is 4.65. The van der Waals surface area contributed by atoms with Gasteiger partial charge in [-0.05, 0) is 36.6 Å². The second kappa shape index (κ2) is 11.1. The Labute approximate surface area is 189 Å². The molecule has 1 amide bonds. The van der Waals surface area contributed by atoms with Crippen LogP contribution in [-0.2, 0) is 31.1 Å². The quantitative estimate of drug-likeness (QED) is 0.524. The number of hydrogen-bond acceptors (Lipinski definition) is 5. The highest BCUT2D eigenvalue weighted by Crippen LogP contribution is 2.27. The van der Waals surface area contributed by atoms with E-state index in [0.29, 0.717) is 12.8 Å². The molecular formula is C21H27ClN2O5S2. The van der Waals surface area contributed by atoms with Crippen molar-refractivity contribution in [2.75, 3.05) is 29.9 Å². The maximum atomic E-state index is 12.8. The van der Waals surface area contributed by atoms with Crippen LogP contribution >= 0.6 is 11.6 Å². The minimum absolute atomic E-state index is 0.0263. The van der Waals surface area contributed by atoms with Gasteiger partial charge in [-0.15, -0.1) is 0 Å². The monoisotopic (exact) mass is 486 g/mol. The lowest BCUT2D eigenvalue weighted by atomic mass is 10.1. The highest BCUT2D eigenvalue weighted by Gasteiger charge is 2.25. The van der Waals surface area contributed by atoms with E-state index in [4.69, 9.17) is 11.6 Å². The van der Waals surface area contributed by atoms with E-state index < -0.39 is 31.5 Å². The summed E-state index contributed by atoms with van der Waals surface area (Å²) in [7, 11) is -7.44. The predicted molar refractivity (Wildman–Crippen MR) is 124 cm³/mol. The molecule has 0 unspecified atom stereocenters. The third kappa shape index (κ3) is 7.31. The minimum Gasteiger partial charge on any atom is -0.325 e. The van der Waals surface area contributed by atoms with Gasteiger partial charge in [0.05, 0.1) is 10.8 Å². The van der Waals surface area contributed by atoms with Crippen molar-refractivity contribution in [3.8, 4) is 0 Å². The maximum absolute atomic E-state index is 12.8. The summed E-state index contributed by atoms with van der Waals surface area (Å²) in [5.41, 5.74) is 1.20. The highest BCUT2D eigenvalue weighted by molar-refractivity contribution is 7.92. The highest BCUT2D eigenvalue weighted by atomic mass is 35.5. The molecule has 0 heterocycles. The number of benzene rings is 2. The van der Waals surface area contributed by atoms with Crippen LogP contribution in [0, 0.1) is 0 Å². The molecule has 10 heteroatoms. The van der Waals surface area contributed by atoms with E-state index in [2.05, 4.69) is 5.32 Å². The average Bonchev–Trinajstić information content (AvgIpc) is 2.70. The lowest BCUT2D eigenvalue weighted by Crippen LogP contribution is -2.31. The van der Waals surface area contributed by atoms with Crippen LogP contribution in [0.4, 0.5) is 5.69 Å². The summed E-state index contributed by atoms with van der Waals surface area (Å²) < 4.78 is 51.3. The fraction of sp³-hybridized carbons (Fsp3) is 0.381. The molecule has 0 atom stereocenters. The van der Waals surface area contributed by atoms with Gasteiger partial charge in [-0.2, -0.15) is 4.31 Å². The number of nitrogens with one attached hydrogen (secondary N) is 1. The van der Waals surface area contributed by atoms with Crippen LogP contribution in [0.1, 0.15) is 25.8 Å². The van der Waals surface area contributed by atoms with Gasteiger partial charge >= 0.3 is 0 Å². The van der Waals surface area contributed by atoms with Crippen LogP contribution < -0.4 is 5.32 Å². The van der Waals surface area contributed by atoms with Crippen LogP contribution in [-0.4, -0.2) is 51.6 Å². The van der Waals surface area contributed by atoms with Gasteiger partial charge in [-0.3, -0.25) is 4.79 Å². The molecular weight excluding hydrogens is 460 g/mol. The number of aryl methyl sites for hydroxylation is 1. The average molecular weight is 487 g/mol. The molecule has 2 aromatic carbocycles. The lowest BCUT2D eigenvalue weighted by Gasteiger charge is -2.19. The number of carbonyl (C=O) groups is 1. The molecule has 0 saturated carbocycles. The van der Waals surface area contributed by atoms with Crippen molar-refractivity contribution >= 4 is 43.1 Å². The molecule has 0 bridgehead atoms. The lowest BCUT2D eigenvalue weighted by molar-refractivity contribution is -0.113. The van der Waals surface area contributed by atoms with Crippen molar-refractivity contribution in [2.24, 2.45) is 0 Å². The van der Waals surface area contributed by atoms with Gasteiger partial charge in [0.25, 0.3) is 0 Å². The Balaban J connectivity index is 2.03.